The van der Waals surface area contributed by atoms with Crippen LogP contribution in [0.1, 0.15) is 58.4 Å². The van der Waals surface area contributed by atoms with Crippen LogP contribution in [-0.4, -0.2) is 49.8 Å². The molecule has 1 aliphatic carbocycles. The molecule has 1 aliphatic heterocycles. The van der Waals surface area contributed by atoms with Crippen molar-refractivity contribution in [2.75, 3.05) is 31.6 Å². The maximum atomic E-state index is 5.65. The number of morpholine rings is 1. The van der Waals surface area contributed by atoms with Crippen molar-refractivity contribution in [3.8, 4) is 0 Å². The van der Waals surface area contributed by atoms with Crippen molar-refractivity contribution in [3.63, 3.8) is 0 Å². The summed E-state index contributed by atoms with van der Waals surface area (Å²) in [5, 5.41) is 7.10. The predicted molar refractivity (Wildman–Crippen MR) is 120 cm³/mol. The van der Waals surface area contributed by atoms with Crippen LogP contribution in [0.3, 0.4) is 0 Å². The molecule has 2 fully saturated rings. The number of aromatic nitrogens is 1. The lowest BCUT2D eigenvalue weighted by Gasteiger charge is -2.33. The summed E-state index contributed by atoms with van der Waals surface area (Å²) in [5.41, 5.74) is 1.21. The third-order valence-corrected chi connectivity index (χ3v) is 6.61. The SMILES string of the molecule is CN=C(NCc1ccnc(N2CCOC(C)C2)c1)NC(C)C(C)C1CCCCC1. The molecule has 2 aliphatic rings. The topological polar surface area (TPSA) is 61.8 Å². The van der Waals surface area contributed by atoms with E-state index >= 15 is 0 Å². The number of hydrogen-bond donors (Lipinski definition) is 2. The highest BCUT2D eigenvalue weighted by Crippen LogP contribution is 2.31. The molecule has 0 spiro atoms. The van der Waals surface area contributed by atoms with Crippen LogP contribution in [0.2, 0.25) is 0 Å². The first kappa shape index (κ1) is 21.9. The van der Waals surface area contributed by atoms with Gasteiger partial charge in [-0.2, -0.15) is 0 Å². The minimum absolute atomic E-state index is 0.253. The first-order valence-electron chi connectivity index (χ1n) is 11.4. The Kier molecular flexibility index (Phi) is 8.16. The number of guanidine groups is 1. The zero-order chi connectivity index (χ0) is 20.6. The summed E-state index contributed by atoms with van der Waals surface area (Å²) in [4.78, 5) is 11.3. The number of aliphatic imine (C=N–C) groups is 1. The summed E-state index contributed by atoms with van der Waals surface area (Å²) in [5.74, 6) is 3.40. The monoisotopic (exact) mass is 401 g/mol. The summed E-state index contributed by atoms with van der Waals surface area (Å²) in [6.45, 7) is 10.1. The highest BCUT2D eigenvalue weighted by molar-refractivity contribution is 5.79. The van der Waals surface area contributed by atoms with E-state index in [4.69, 9.17) is 4.74 Å². The van der Waals surface area contributed by atoms with Crippen molar-refractivity contribution < 1.29 is 4.74 Å². The van der Waals surface area contributed by atoms with Crippen molar-refractivity contribution in [2.24, 2.45) is 16.8 Å². The standard InChI is InChI=1S/C23H39N5O/c1-17-16-28(12-13-29-17)22-14-20(10-11-25-22)15-26-23(24-4)27-19(3)18(2)21-8-6-5-7-9-21/h10-11,14,17-19,21H,5-9,12-13,15-16H2,1-4H3,(H2,24,26,27). The summed E-state index contributed by atoms with van der Waals surface area (Å²) in [7, 11) is 1.85. The van der Waals surface area contributed by atoms with Crippen molar-refractivity contribution in [2.45, 2.75) is 71.6 Å². The number of ether oxygens (including phenoxy) is 1. The molecule has 0 bridgehead atoms. The normalized spacial score (nSPS) is 23.5. The van der Waals surface area contributed by atoms with Crippen LogP contribution < -0.4 is 15.5 Å². The Morgan fingerprint density at radius 3 is 2.83 bits per heavy atom. The molecular formula is C23H39N5O. The Bertz CT molecular complexity index is 658. The molecule has 6 nitrogen and oxygen atoms in total. The van der Waals surface area contributed by atoms with Crippen LogP contribution in [0.15, 0.2) is 23.3 Å². The van der Waals surface area contributed by atoms with Gasteiger partial charge in [-0.3, -0.25) is 4.99 Å². The van der Waals surface area contributed by atoms with Crippen molar-refractivity contribution in [1.82, 2.24) is 15.6 Å². The fraction of sp³-hybridized carbons (Fsp3) is 0.739. The summed E-state index contributed by atoms with van der Waals surface area (Å²) >= 11 is 0. The van der Waals surface area contributed by atoms with Gasteiger partial charge in [0, 0.05) is 38.9 Å². The van der Waals surface area contributed by atoms with E-state index in [2.05, 4.69) is 58.4 Å². The van der Waals surface area contributed by atoms with Gasteiger partial charge in [0.25, 0.3) is 0 Å². The molecule has 3 rings (SSSR count). The molecule has 2 heterocycles. The van der Waals surface area contributed by atoms with Crippen LogP contribution in [0.25, 0.3) is 0 Å². The lowest BCUT2D eigenvalue weighted by molar-refractivity contribution is 0.0529. The molecule has 0 radical (unpaired) electrons. The summed E-state index contributed by atoms with van der Waals surface area (Å²) in [6, 6.07) is 4.65. The molecule has 2 N–H and O–H groups in total. The molecule has 3 atom stereocenters. The second kappa shape index (κ2) is 10.8. The number of nitrogens with zero attached hydrogens (tertiary/aromatic N) is 3. The van der Waals surface area contributed by atoms with Crippen molar-refractivity contribution in [1.29, 1.82) is 0 Å². The molecule has 0 aromatic carbocycles. The van der Waals surface area contributed by atoms with Crippen LogP contribution in [-0.2, 0) is 11.3 Å². The molecule has 1 aromatic heterocycles. The lowest BCUT2D eigenvalue weighted by Crippen LogP contribution is -2.46. The summed E-state index contributed by atoms with van der Waals surface area (Å²) < 4.78 is 5.65. The van der Waals surface area contributed by atoms with Gasteiger partial charge in [0.2, 0.25) is 0 Å². The number of pyridine rings is 1. The van der Waals surface area contributed by atoms with Crippen LogP contribution in [0.4, 0.5) is 5.82 Å². The largest absolute Gasteiger partial charge is 0.375 e. The maximum Gasteiger partial charge on any atom is 0.191 e. The summed E-state index contributed by atoms with van der Waals surface area (Å²) in [6.07, 6.45) is 9.09. The van der Waals surface area contributed by atoms with E-state index in [0.29, 0.717) is 12.0 Å². The van der Waals surface area contributed by atoms with Crippen LogP contribution in [0, 0.1) is 11.8 Å². The van der Waals surface area contributed by atoms with E-state index < -0.39 is 0 Å². The van der Waals surface area contributed by atoms with Crippen LogP contribution in [0.5, 0.6) is 0 Å². The maximum absolute atomic E-state index is 5.65. The predicted octanol–water partition coefficient (Wildman–Crippen LogP) is 3.58. The third-order valence-electron chi connectivity index (χ3n) is 6.61. The Morgan fingerprint density at radius 2 is 2.10 bits per heavy atom. The number of rotatable bonds is 6. The first-order valence-corrected chi connectivity index (χ1v) is 11.4. The minimum Gasteiger partial charge on any atom is -0.375 e. The van der Waals surface area contributed by atoms with Crippen LogP contribution >= 0.6 is 0 Å². The van der Waals surface area contributed by atoms with E-state index in [1.165, 1.54) is 37.7 Å². The fourth-order valence-electron chi connectivity index (χ4n) is 4.57. The van der Waals surface area contributed by atoms with E-state index in [0.717, 1.165) is 43.9 Å². The average Bonchev–Trinajstić information content (AvgIpc) is 2.76. The zero-order valence-corrected chi connectivity index (χ0v) is 18.7. The second-order valence-electron chi connectivity index (χ2n) is 8.77. The quantitative estimate of drug-likeness (QED) is 0.564. The zero-order valence-electron chi connectivity index (χ0n) is 18.7. The number of hydrogen-bond acceptors (Lipinski definition) is 4. The third kappa shape index (κ3) is 6.33. The van der Waals surface area contributed by atoms with Gasteiger partial charge in [-0.15, -0.1) is 0 Å². The van der Waals surface area contributed by atoms with E-state index in [-0.39, 0.29) is 6.10 Å². The molecule has 162 valence electrons. The van der Waals surface area contributed by atoms with Gasteiger partial charge < -0.3 is 20.3 Å². The van der Waals surface area contributed by atoms with Gasteiger partial charge in [-0.25, -0.2) is 4.98 Å². The first-order chi connectivity index (χ1) is 14.1. The highest BCUT2D eigenvalue weighted by atomic mass is 16.5. The molecule has 3 unspecified atom stereocenters. The lowest BCUT2D eigenvalue weighted by atomic mass is 9.78. The Morgan fingerprint density at radius 1 is 1.31 bits per heavy atom. The molecule has 6 heteroatoms. The number of anilines is 1. The Balaban J connectivity index is 1.52. The van der Waals surface area contributed by atoms with Crippen molar-refractivity contribution >= 4 is 11.8 Å². The van der Waals surface area contributed by atoms with Gasteiger partial charge in [0.1, 0.15) is 5.82 Å². The minimum atomic E-state index is 0.253. The highest BCUT2D eigenvalue weighted by Gasteiger charge is 2.25. The van der Waals surface area contributed by atoms with Gasteiger partial charge >= 0.3 is 0 Å². The Labute approximate surface area is 176 Å². The number of nitrogens with one attached hydrogen (secondary N) is 2. The molecule has 1 saturated carbocycles. The average molecular weight is 402 g/mol. The van der Waals surface area contributed by atoms with E-state index in [1.54, 1.807) is 0 Å². The van der Waals surface area contributed by atoms with Gasteiger partial charge in [0.15, 0.2) is 5.96 Å². The molecule has 0 amide bonds. The van der Waals surface area contributed by atoms with Gasteiger partial charge in [-0.05, 0) is 43.4 Å². The molecule has 1 aromatic rings. The Hall–Kier alpha value is -1.82. The fourth-order valence-corrected chi connectivity index (χ4v) is 4.57. The van der Waals surface area contributed by atoms with Gasteiger partial charge in [0.05, 0.1) is 12.7 Å². The van der Waals surface area contributed by atoms with Crippen molar-refractivity contribution in [3.05, 3.63) is 23.9 Å². The smallest absolute Gasteiger partial charge is 0.191 e. The van der Waals surface area contributed by atoms with E-state index in [9.17, 15) is 0 Å². The molecular weight excluding hydrogens is 362 g/mol. The second-order valence-corrected chi connectivity index (χ2v) is 8.77. The molecule has 29 heavy (non-hydrogen) atoms. The molecule has 1 saturated heterocycles. The van der Waals surface area contributed by atoms with Gasteiger partial charge in [-0.1, -0.05) is 39.0 Å². The van der Waals surface area contributed by atoms with E-state index in [1.807, 2.05) is 13.2 Å².